The van der Waals surface area contributed by atoms with Crippen molar-refractivity contribution in [3.8, 4) is 0 Å². The summed E-state index contributed by atoms with van der Waals surface area (Å²) in [6.45, 7) is 1.65. The molecule has 1 saturated carbocycles. The van der Waals surface area contributed by atoms with Crippen LogP contribution in [0.5, 0.6) is 0 Å². The zero-order valence-corrected chi connectivity index (χ0v) is 9.27. The highest BCUT2D eigenvalue weighted by Crippen LogP contribution is 2.29. The first-order chi connectivity index (χ1) is 7.50. The highest BCUT2D eigenvalue weighted by Gasteiger charge is 2.25. The second kappa shape index (κ2) is 5.69. The SMILES string of the molecule is CC(NC(=O)NC[C@H](O)C(=O)O)C1CCC1. The second-order valence-electron chi connectivity index (χ2n) is 4.19. The van der Waals surface area contributed by atoms with Gasteiger partial charge in [-0.05, 0) is 25.7 Å². The summed E-state index contributed by atoms with van der Waals surface area (Å²) in [5, 5.41) is 22.4. The number of aliphatic hydroxyl groups is 1. The number of carboxylic acids is 1. The minimum atomic E-state index is -1.55. The molecule has 0 aromatic heterocycles. The van der Waals surface area contributed by atoms with Crippen LogP contribution in [0, 0.1) is 5.92 Å². The maximum Gasteiger partial charge on any atom is 0.334 e. The van der Waals surface area contributed by atoms with Crippen molar-refractivity contribution in [2.24, 2.45) is 5.92 Å². The summed E-state index contributed by atoms with van der Waals surface area (Å²) in [5.74, 6) is -0.817. The fourth-order valence-corrected chi connectivity index (χ4v) is 1.59. The van der Waals surface area contributed by atoms with Crippen molar-refractivity contribution < 1.29 is 19.8 Å². The monoisotopic (exact) mass is 230 g/mol. The van der Waals surface area contributed by atoms with Crippen LogP contribution >= 0.6 is 0 Å². The molecule has 92 valence electrons. The van der Waals surface area contributed by atoms with E-state index < -0.39 is 18.1 Å². The van der Waals surface area contributed by atoms with E-state index in [0.717, 1.165) is 12.8 Å². The summed E-state index contributed by atoms with van der Waals surface area (Å²) in [6, 6.07) is -0.338. The third-order valence-corrected chi connectivity index (χ3v) is 2.96. The molecule has 0 bridgehead atoms. The number of amides is 2. The Bertz CT molecular complexity index is 266. The Kier molecular flexibility index (Phi) is 4.54. The third-order valence-electron chi connectivity index (χ3n) is 2.96. The van der Waals surface area contributed by atoms with Crippen LogP contribution in [-0.4, -0.2) is 40.9 Å². The third kappa shape index (κ3) is 3.69. The zero-order chi connectivity index (χ0) is 12.1. The molecule has 6 heteroatoms. The second-order valence-corrected chi connectivity index (χ2v) is 4.19. The summed E-state index contributed by atoms with van der Waals surface area (Å²) in [4.78, 5) is 21.6. The Morgan fingerprint density at radius 1 is 1.44 bits per heavy atom. The summed E-state index contributed by atoms with van der Waals surface area (Å²) in [5.41, 5.74) is 0. The van der Waals surface area contributed by atoms with E-state index in [1.165, 1.54) is 6.42 Å². The Hall–Kier alpha value is -1.30. The molecular formula is C10H18N2O4. The number of hydrogen-bond donors (Lipinski definition) is 4. The molecule has 0 spiro atoms. The van der Waals surface area contributed by atoms with Gasteiger partial charge in [0.25, 0.3) is 0 Å². The van der Waals surface area contributed by atoms with Crippen molar-refractivity contribution in [3.63, 3.8) is 0 Å². The number of rotatable bonds is 5. The number of aliphatic carboxylic acids is 1. The van der Waals surface area contributed by atoms with Gasteiger partial charge < -0.3 is 20.8 Å². The lowest BCUT2D eigenvalue weighted by Gasteiger charge is -2.31. The minimum Gasteiger partial charge on any atom is -0.479 e. The minimum absolute atomic E-state index is 0.0933. The molecule has 0 radical (unpaired) electrons. The molecule has 0 aromatic carbocycles. The summed E-state index contributed by atoms with van der Waals surface area (Å²) < 4.78 is 0. The van der Waals surface area contributed by atoms with Gasteiger partial charge in [-0.2, -0.15) is 0 Å². The fraction of sp³-hybridized carbons (Fsp3) is 0.800. The van der Waals surface area contributed by atoms with Gasteiger partial charge in [-0.25, -0.2) is 9.59 Å². The summed E-state index contributed by atoms with van der Waals surface area (Å²) >= 11 is 0. The standard InChI is InChI=1S/C10H18N2O4/c1-6(7-3-2-4-7)12-10(16)11-5-8(13)9(14)15/h6-8,13H,2-5H2,1H3,(H,14,15)(H2,11,12,16)/t6?,8-/m0/s1. The number of urea groups is 1. The van der Waals surface area contributed by atoms with Crippen molar-refractivity contribution in [2.45, 2.75) is 38.3 Å². The summed E-state index contributed by atoms with van der Waals surface area (Å²) in [6.07, 6.45) is 1.90. The predicted molar refractivity (Wildman–Crippen MR) is 57.0 cm³/mol. The number of carboxylic acid groups (broad SMARTS) is 1. The molecule has 6 nitrogen and oxygen atoms in total. The first-order valence-electron chi connectivity index (χ1n) is 5.46. The molecule has 2 atom stereocenters. The first kappa shape index (κ1) is 12.8. The quantitative estimate of drug-likeness (QED) is 0.531. The molecule has 1 aliphatic rings. The molecule has 16 heavy (non-hydrogen) atoms. The van der Waals surface area contributed by atoms with Crippen LogP contribution in [-0.2, 0) is 4.79 Å². The predicted octanol–water partition coefficient (Wildman–Crippen LogP) is -0.0803. The average molecular weight is 230 g/mol. The molecule has 0 aliphatic heterocycles. The Labute approximate surface area is 94.0 Å². The van der Waals surface area contributed by atoms with E-state index in [2.05, 4.69) is 10.6 Å². The van der Waals surface area contributed by atoms with E-state index in [1.807, 2.05) is 6.92 Å². The zero-order valence-electron chi connectivity index (χ0n) is 9.27. The molecule has 0 saturated heterocycles. The van der Waals surface area contributed by atoms with Crippen molar-refractivity contribution in [1.82, 2.24) is 10.6 Å². The van der Waals surface area contributed by atoms with E-state index in [1.54, 1.807) is 0 Å². The molecule has 0 aromatic rings. The molecule has 1 rings (SSSR count). The number of nitrogens with one attached hydrogen (secondary N) is 2. The first-order valence-corrected chi connectivity index (χ1v) is 5.46. The highest BCUT2D eigenvalue weighted by molar-refractivity contribution is 5.76. The molecule has 1 aliphatic carbocycles. The van der Waals surface area contributed by atoms with Gasteiger partial charge in [0, 0.05) is 6.04 Å². The van der Waals surface area contributed by atoms with E-state index in [-0.39, 0.29) is 12.6 Å². The van der Waals surface area contributed by atoms with Crippen molar-refractivity contribution >= 4 is 12.0 Å². The lowest BCUT2D eigenvalue weighted by Crippen LogP contribution is -2.48. The summed E-state index contributed by atoms with van der Waals surface area (Å²) in [7, 11) is 0. The van der Waals surface area contributed by atoms with Crippen LogP contribution < -0.4 is 10.6 Å². The van der Waals surface area contributed by atoms with Crippen LogP contribution in [0.3, 0.4) is 0 Å². The lowest BCUT2D eigenvalue weighted by molar-refractivity contribution is -0.146. The van der Waals surface area contributed by atoms with Crippen molar-refractivity contribution in [1.29, 1.82) is 0 Å². The van der Waals surface area contributed by atoms with Gasteiger partial charge >= 0.3 is 12.0 Å². The fourth-order valence-electron chi connectivity index (χ4n) is 1.59. The maximum atomic E-state index is 11.3. The van der Waals surface area contributed by atoms with Gasteiger partial charge in [0.2, 0.25) is 0 Å². The van der Waals surface area contributed by atoms with Gasteiger partial charge in [0.05, 0.1) is 6.54 Å². The van der Waals surface area contributed by atoms with Crippen molar-refractivity contribution in [2.75, 3.05) is 6.54 Å². The smallest absolute Gasteiger partial charge is 0.334 e. The van der Waals surface area contributed by atoms with Gasteiger partial charge in [-0.15, -0.1) is 0 Å². The van der Waals surface area contributed by atoms with Crippen molar-refractivity contribution in [3.05, 3.63) is 0 Å². The Balaban J connectivity index is 2.17. The maximum absolute atomic E-state index is 11.3. The normalized spacial score (nSPS) is 19.4. The topological polar surface area (TPSA) is 98.7 Å². The highest BCUT2D eigenvalue weighted by atomic mass is 16.4. The largest absolute Gasteiger partial charge is 0.479 e. The van der Waals surface area contributed by atoms with Gasteiger partial charge in [0.1, 0.15) is 0 Å². The molecule has 1 fully saturated rings. The number of carbonyl (C=O) groups excluding carboxylic acids is 1. The van der Waals surface area contributed by atoms with Crippen LogP contribution in [0.1, 0.15) is 26.2 Å². The lowest BCUT2D eigenvalue weighted by atomic mass is 9.80. The van der Waals surface area contributed by atoms with Gasteiger partial charge in [-0.3, -0.25) is 0 Å². The molecule has 1 unspecified atom stereocenters. The van der Waals surface area contributed by atoms with E-state index in [0.29, 0.717) is 5.92 Å². The van der Waals surface area contributed by atoms with Gasteiger partial charge in [0.15, 0.2) is 6.10 Å². The van der Waals surface area contributed by atoms with E-state index in [4.69, 9.17) is 10.2 Å². The number of aliphatic hydroxyl groups excluding tert-OH is 1. The molecule has 0 heterocycles. The number of hydrogen-bond acceptors (Lipinski definition) is 3. The van der Waals surface area contributed by atoms with Gasteiger partial charge in [-0.1, -0.05) is 6.42 Å². The van der Waals surface area contributed by atoms with E-state index >= 15 is 0 Å². The Morgan fingerprint density at radius 2 is 2.06 bits per heavy atom. The molecular weight excluding hydrogens is 212 g/mol. The van der Waals surface area contributed by atoms with Crippen LogP contribution in [0.15, 0.2) is 0 Å². The van der Waals surface area contributed by atoms with Crippen LogP contribution in [0.2, 0.25) is 0 Å². The molecule has 4 N–H and O–H groups in total. The molecule has 2 amide bonds. The van der Waals surface area contributed by atoms with Crippen LogP contribution in [0.25, 0.3) is 0 Å². The van der Waals surface area contributed by atoms with Crippen LogP contribution in [0.4, 0.5) is 4.79 Å². The Morgan fingerprint density at radius 3 is 2.50 bits per heavy atom. The average Bonchev–Trinajstić information content (AvgIpc) is 2.10. The number of carbonyl (C=O) groups is 2. The van der Waals surface area contributed by atoms with E-state index in [9.17, 15) is 9.59 Å².